The smallest absolute Gasteiger partial charge is 0.120 e. The molecule has 23 heavy (non-hydrogen) atoms. The van der Waals surface area contributed by atoms with E-state index in [1.807, 2.05) is 17.7 Å². The Balaban J connectivity index is 1.63. The van der Waals surface area contributed by atoms with E-state index in [-0.39, 0.29) is 6.10 Å². The highest BCUT2D eigenvalue weighted by Crippen LogP contribution is 2.39. The molecule has 3 rings (SSSR count). The Kier molecular flexibility index (Phi) is 4.50. The van der Waals surface area contributed by atoms with Crippen LogP contribution < -0.4 is 0 Å². The monoisotopic (exact) mass is 316 g/mol. The summed E-state index contributed by atoms with van der Waals surface area (Å²) < 4.78 is 1.98. The molecule has 126 valence electrons. The van der Waals surface area contributed by atoms with Gasteiger partial charge in [-0.2, -0.15) is 5.26 Å². The van der Waals surface area contributed by atoms with Gasteiger partial charge in [-0.3, -0.25) is 4.90 Å². The van der Waals surface area contributed by atoms with Crippen molar-refractivity contribution in [2.75, 3.05) is 33.2 Å². The van der Waals surface area contributed by atoms with Crippen LogP contribution in [0, 0.1) is 23.7 Å². The highest BCUT2D eigenvalue weighted by atomic mass is 16.3. The molecule has 0 aromatic carbocycles. The van der Waals surface area contributed by atoms with Crippen LogP contribution in [0.3, 0.4) is 0 Å². The largest absolute Gasteiger partial charge is 0.392 e. The van der Waals surface area contributed by atoms with Crippen LogP contribution in [0.2, 0.25) is 0 Å². The number of nitrogens with zero attached hydrogens (tertiary/aromatic N) is 4. The third-order valence-corrected chi connectivity index (χ3v) is 5.86. The Labute approximate surface area is 139 Å². The molecule has 0 aliphatic carbocycles. The highest BCUT2D eigenvalue weighted by Gasteiger charge is 2.40. The minimum Gasteiger partial charge on any atom is -0.392 e. The number of aliphatic hydroxyl groups is 1. The molecular weight excluding hydrogens is 288 g/mol. The van der Waals surface area contributed by atoms with Crippen molar-refractivity contribution < 1.29 is 5.11 Å². The molecule has 1 N–H and O–H groups in total. The van der Waals surface area contributed by atoms with Crippen molar-refractivity contribution in [3.05, 3.63) is 23.0 Å². The number of hydrogen-bond donors (Lipinski definition) is 1. The van der Waals surface area contributed by atoms with Crippen molar-refractivity contribution in [1.82, 2.24) is 14.4 Å². The first-order valence-electron chi connectivity index (χ1n) is 8.57. The van der Waals surface area contributed by atoms with Crippen LogP contribution in [0.25, 0.3) is 0 Å². The van der Waals surface area contributed by atoms with E-state index in [2.05, 4.69) is 29.8 Å². The van der Waals surface area contributed by atoms with Gasteiger partial charge in [0.2, 0.25) is 0 Å². The molecule has 2 fully saturated rings. The van der Waals surface area contributed by atoms with Gasteiger partial charge in [0.05, 0.1) is 6.10 Å². The fraction of sp³-hybridized carbons (Fsp3) is 0.722. The summed E-state index contributed by atoms with van der Waals surface area (Å²) in [5, 5.41) is 19.3. The lowest BCUT2D eigenvalue weighted by atomic mass is 9.71. The molecule has 3 heterocycles. The molecule has 1 aromatic heterocycles. The zero-order valence-electron chi connectivity index (χ0n) is 14.5. The Hall–Kier alpha value is -1.35. The van der Waals surface area contributed by atoms with E-state index >= 15 is 0 Å². The number of likely N-dealkylation sites (tertiary alicyclic amines) is 2. The zero-order valence-corrected chi connectivity index (χ0v) is 14.5. The topological polar surface area (TPSA) is 55.4 Å². The molecule has 5 nitrogen and oxygen atoms in total. The Morgan fingerprint density at radius 3 is 2.61 bits per heavy atom. The summed E-state index contributed by atoms with van der Waals surface area (Å²) in [6.07, 6.45) is 3.10. The molecule has 0 amide bonds. The van der Waals surface area contributed by atoms with E-state index < -0.39 is 0 Å². The van der Waals surface area contributed by atoms with Gasteiger partial charge in [-0.05, 0) is 63.4 Å². The summed E-state index contributed by atoms with van der Waals surface area (Å²) in [5.41, 5.74) is 3.49. The average molecular weight is 316 g/mol. The maximum absolute atomic E-state index is 10.1. The number of β-amino-alcohol motifs (C(OH)–C–C–N with tert-alkyl or cyclic N) is 1. The predicted molar refractivity (Wildman–Crippen MR) is 89.9 cm³/mol. The van der Waals surface area contributed by atoms with Crippen molar-refractivity contribution in [2.45, 2.75) is 38.8 Å². The molecular formula is C18H28N4O. The maximum Gasteiger partial charge on any atom is 0.120 e. The molecule has 1 unspecified atom stereocenters. The lowest BCUT2D eigenvalue weighted by Crippen LogP contribution is -2.52. The van der Waals surface area contributed by atoms with Gasteiger partial charge in [-0.1, -0.05) is 0 Å². The van der Waals surface area contributed by atoms with E-state index in [4.69, 9.17) is 5.26 Å². The van der Waals surface area contributed by atoms with E-state index in [0.29, 0.717) is 5.41 Å². The normalized spacial score (nSPS) is 25.6. The number of likely N-dealkylation sites (N-methyl/N-ethyl adjacent to an activating group) is 1. The second-order valence-electron chi connectivity index (χ2n) is 7.64. The van der Waals surface area contributed by atoms with Crippen LogP contribution in [-0.2, 0) is 13.6 Å². The van der Waals surface area contributed by atoms with Crippen LogP contribution >= 0.6 is 0 Å². The second kappa shape index (κ2) is 6.27. The fourth-order valence-corrected chi connectivity index (χ4v) is 4.44. The lowest BCUT2D eigenvalue weighted by molar-refractivity contribution is -0.0331. The van der Waals surface area contributed by atoms with E-state index in [0.717, 1.165) is 57.7 Å². The van der Waals surface area contributed by atoms with Crippen LogP contribution in [0.4, 0.5) is 0 Å². The zero-order chi connectivity index (χ0) is 16.6. The van der Waals surface area contributed by atoms with Crippen LogP contribution in [0.15, 0.2) is 6.07 Å². The van der Waals surface area contributed by atoms with Gasteiger partial charge in [-0.15, -0.1) is 0 Å². The third-order valence-electron chi connectivity index (χ3n) is 5.86. The first-order valence-corrected chi connectivity index (χ1v) is 8.57. The molecule has 1 atom stereocenters. The average Bonchev–Trinajstić information content (AvgIpc) is 2.76. The quantitative estimate of drug-likeness (QED) is 0.898. The summed E-state index contributed by atoms with van der Waals surface area (Å²) in [4.78, 5) is 4.78. The first-order chi connectivity index (χ1) is 10.9. The van der Waals surface area contributed by atoms with Crippen LogP contribution in [0.1, 0.15) is 36.2 Å². The molecule has 1 aromatic rings. The van der Waals surface area contributed by atoms with Crippen molar-refractivity contribution in [1.29, 1.82) is 5.26 Å². The molecule has 0 radical (unpaired) electrons. The van der Waals surface area contributed by atoms with Gasteiger partial charge in [0.1, 0.15) is 11.8 Å². The number of piperidine rings is 2. The van der Waals surface area contributed by atoms with E-state index in [1.54, 1.807) is 0 Å². The summed E-state index contributed by atoms with van der Waals surface area (Å²) in [6, 6.07) is 4.29. The Morgan fingerprint density at radius 2 is 2.04 bits per heavy atom. The minimum atomic E-state index is -0.171. The molecule has 2 aliphatic heterocycles. The van der Waals surface area contributed by atoms with Gasteiger partial charge in [-0.25, -0.2) is 0 Å². The van der Waals surface area contributed by atoms with Crippen LogP contribution in [-0.4, -0.2) is 58.8 Å². The summed E-state index contributed by atoms with van der Waals surface area (Å²) in [7, 11) is 4.08. The summed E-state index contributed by atoms with van der Waals surface area (Å²) in [6.45, 7) is 7.10. The molecule has 2 aliphatic rings. The summed E-state index contributed by atoms with van der Waals surface area (Å²) >= 11 is 0. The van der Waals surface area contributed by atoms with Gasteiger partial charge in [0.25, 0.3) is 0 Å². The Bertz CT molecular complexity index is 595. The van der Waals surface area contributed by atoms with Crippen molar-refractivity contribution in [2.24, 2.45) is 12.5 Å². The fourth-order valence-electron chi connectivity index (χ4n) is 4.44. The van der Waals surface area contributed by atoms with E-state index in [1.165, 1.54) is 11.3 Å². The Morgan fingerprint density at radius 1 is 1.35 bits per heavy atom. The molecule has 5 heteroatoms. The van der Waals surface area contributed by atoms with Crippen molar-refractivity contribution in [3.63, 3.8) is 0 Å². The number of aliphatic hydroxyl groups excluding tert-OH is 1. The SMILES string of the molecule is Cc1c(CN2CCC3(CC2)CC(O)CN(C)C3)cc(C#N)n1C. The third kappa shape index (κ3) is 3.30. The number of hydrogen-bond acceptors (Lipinski definition) is 4. The minimum absolute atomic E-state index is 0.171. The van der Waals surface area contributed by atoms with Crippen molar-refractivity contribution in [3.8, 4) is 6.07 Å². The lowest BCUT2D eigenvalue weighted by Gasteiger charge is -2.48. The first kappa shape index (κ1) is 16.5. The van der Waals surface area contributed by atoms with Gasteiger partial charge >= 0.3 is 0 Å². The molecule has 0 bridgehead atoms. The van der Waals surface area contributed by atoms with Crippen LogP contribution in [0.5, 0.6) is 0 Å². The predicted octanol–water partition coefficient (Wildman–Crippen LogP) is 1.48. The molecule has 2 saturated heterocycles. The van der Waals surface area contributed by atoms with Gasteiger partial charge in [0.15, 0.2) is 0 Å². The summed E-state index contributed by atoms with van der Waals surface area (Å²) in [5.74, 6) is 0. The van der Waals surface area contributed by atoms with E-state index in [9.17, 15) is 5.11 Å². The second-order valence-corrected chi connectivity index (χ2v) is 7.64. The maximum atomic E-state index is 10.1. The van der Waals surface area contributed by atoms with Gasteiger partial charge < -0.3 is 14.6 Å². The van der Waals surface area contributed by atoms with Gasteiger partial charge in [0, 0.05) is 32.4 Å². The molecule has 1 spiro atoms. The van der Waals surface area contributed by atoms with Crippen molar-refractivity contribution >= 4 is 0 Å². The number of rotatable bonds is 2. The molecule has 0 saturated carbocycles. The highest BCUT2D eigenvalue weighted by molar-refractivity contribution is 5.34. The standard InChI is InChI=1S/C18H28N4O/c1-14-15(8-16(10-19)21(14)3)11-22-6-4-18(5-7-22)9-17(23)12-20(2)13-18/h8,17,23H,4-7,9,11-13H2,1-3H3. The number of nitriles is 1. The number of aromatic nitrogens is 1.